The van der Waals surface area contributed by atoms with Crippen molar-refractivity contribution in [3.8, 4) is 0 Å². The van der Waals surface area contributed by atoms with Crippen LogP contribution in [0.3, 0.4) is 0 Å². The van der Waals surface area contributed by atoms with Crippen LogP contribution in [0.1, 0.15) is 18.3 Å². The Kier molecular flexibility index (Phi) is 4.02. The molecular weight excluding hydrogens is 266 g/mol. The summed E-state index contributed by atoms with van der Waals surface area (Å²) in [5.41, 5.74) is 5.43. The number of nitrogens with one attached hydrogen (secondary N) is 1. The minimum absolute atomic E-state index is 0.112. The third-order valence-corrected chi connectivity index (χ3v) is 3.22. The SMILES string of the molecule is C=Nc1c(C(N)=NC)[nH]c(=O)n1C1C[C@@H](O)C(CO)O1. The number of aromatic amines is 1. The number of H-pyrrole nitrogens is 1. The third-order valence-electron chi connectivity index (χ3n) is 3.22. The molecule has 110 valence electrons. The summed E-state index contributed by atoms with van der Waals surface area (Å²) in [5, 5.41) is 18.8. The van der Waals surface area contributed by atoms with Crippen molar-refractivity contribution in [2.24, 2.45) is 15.7 Å². The molecule has 1 aromatic rings. The summed E-state index contributed by atoms with van der Waals surface area (Å²) < 4.78 is 6.64. The molecular formula is C11H17N5O4. The van der Waals surface area contributed by atoms with E-state index >= 15 is 0 Å². The predicted octanol–water partition coefficient (Wildman–Crippen LogP) is -1.52. The topological polar surface area (TPSA) is 138 Å². The number of amidine groups is 1. The van der Waals surface area contributed by atoms with Crippen LogP contribution in [0.2, 0.25) is 0 Å². The number of aliphatic hydroxyl groups excluding tert-OH is 2. The van der Waals surface area contributed by atoms with Crippen LogP contribution in [0.15, 0.2) is 14.8 Å². The van der Waals surface area contributed by atoms with Crippen molar-refractivity contribution < 1.29 is 14.9 Å². The highest BCUT2D eigenvalue weighted by Crippen LogP contribution is 2.31. The maximum Gasteiger partial charge on any atom is 0.329 e. The summed E-state index contributed by atoms with van der Waals surface area (Å²) in [7, 11) is 1.48. The Morgan fingerprint density at radius 2 is 2.40 bits per heavy atom. The second-order valence-electron chi connectivity index (χ2n) is 4.38. The lowest BCUT2D eigenvalue weighted by Crippen LogP contribution is -2.25. The number of nitrogens with zero attached hydrogens (tertiary/aromatic N) is 3. The van der Waals surface area contributed by atoms with Crippen LogP contribution in [-0.4, -0.2) is 58.2 Å². The van der Waals surface area contributed by atoms with Gasteiger partial charge in [0, 0.05) is 13.5 Å². The van der Waals surface area contributed by atoms with E-state index in [1.54, 1.807) is 0 Å². The molecule has 2 rings (SSSR count). The second-order valence-corrected chi connectivity index (χ2v) is 4.38. The zero-order valence-corrected chi connectivity index (χ0v) is 11.0. The molecule has 0 aliphatic carbocycles. The van der Waals surface area contributed by atoms with Crippen LogP contribution < -0.4 is 11.4 Å². The number of hydrogen-bond acceptors (Lipinski definition) is 6. The molecule has 5 N–H and O–H groups in total. The number of imidazole rings is 1. The Hall–Kier alpha value is -1.97. The van der Waals surface area contributed by atoms with Gasteiger partial charge >= 0.3 is 5.69 Å². The van der Waals surface area contributed by atoms with Gasteiger partial charge in [-0.3, -0.25) is 4.99 Å². The third kappa shape index (κ3) is 2.26. The van der Waals surface area contributed by atoms with Gasteiger partial charge in [0.2, 0.25) is 0 Å². The maximum atomic E-state index is 12.0. The lowest BCUT2D eigenvalue weighted by atomic mass is 10.2. The first kappa shape index (κ1) is 14.4. The van der Waals surface area contributed by atoms with Gasteiger partial charge in [0.25, 0.3) is 0 Å². The lowest BCUT2D eigenvalue weighted by Gasteiger charge is -2.13. The molecule has 0 bridgehead atoms. The van der Waals surface area contributed by atoms with E-state index in [9.17, 15) is 9.90 Å². The minimum atomic E-state index is -0.856. The zero-order valence-electron chi connectivity index (χ0n) is 11.0. The van der Waals surface area contributed by atoms with Crippen LogP contribution in [0, 0.1) is 0 Å². The van der Waals surface area contributed by atoms with Crippen LogP contribution in [-0.2, 0) is 4.74 Å². The Morgan fingerprint density at radius 1 is 1.70 bits per heavy atom. The van der Waals surface area contributed by atoms with E-state index in [1.165, 1.54) is 11.6 Å². The zero-order chi connectivity index (χ0) is 14.9. The molecule has 0 radical (unpaired) electrons. The molecule has 1 aromatic heterocycles. The number of ether oxygens (including phenoxy) is 1. The van der Waals surface area contributed by atoms with Crippen LogP contribution in [0.4, 0.5) is 5.82 Å². The Balaban J connectivity index is 2.45. The van der Waals surface area contributed by atoms with Crippen LogP contribution in [0.25, 0.3) is 0 Å². The lowest BCUT2D eigenvalue weighted by molar-refractivity contribution is -0.0447. The molecule has 0 spiro atoms. The molecule has 2 unspecified atom stereocenters. The molecule has 0 amide bonds. The number of aromatic nitrogens is 2. The van der Waals surface area contributed by atoms with Gasteiger partial charge in [-0.25, -0.2) is 14.4 Å². The van der Waals surface area contributed by atoms with Gasteiger partial charge < -0.3 is 25.7 Å². The first-order valence-electron chi connectivity index (χ1n) is 6.01. The van der Waals surface area contributed by atoms with Gasteiger partial charge in [0.05, 0.1) is 12.7 Å². The van der Waals surface area contributed by atoms with E-state index in [0.717, 1.165) is 0 Å². The normalized spacial score (nSPS) is 26.9. The Bertz CT molecular complexity index is 590. The second kappa shape index (κ2) is 5.57. The Morgan fingerprint density at radius 3 is 2.90 bits per heavy atom. The molecule has 0 aromatic carbocycles. The van der Waals surface area contributed by atoms with E-state index in [0.29, 0.717) is 0 Å². The van der Waals surface area contributed by atoms with Crippen molar-refractivity contribution in [1.29, 1.82) is 0 Å². The van der Waals surface area contributed by atoms with E-state index in [2.05, 4.69) is 21.7 Å². The number of hydrogen-bond donors (Lipinski definition) is 4. The Labute approximate surface area is 114 Å². The molecule has 9 heteroatoms. The molecule has 2 heterocycles. The smallest absolute Gasteiger partial charge is 0.329 e. The summed E-state index contributed by atoms with van der Waals surface area (Å²) in [6.45, 7) is 3.07. The van der Waals surface area contributed by atoms with Crippen LogP contribution >= 0.6 is 0 Å². The molecule has 1 aliphatic rings. The molecule has 1 fully saturated rings. The van der Waals surface area contributed by atoms with E-state index < -0.39 is 24.1 Å². The van der Waals surface area contributed by atoms with Crippen molar-refractivity contribution in [3.63, 3.8) is 0 Å². The predicted molar refractivity (Wildman–Crippen MR) is 72.5 cm³/mol. The standard InChI is InChI=1S/C11H17N5O4/c1-13-9(12)8-10(14-2)16(11(19)15-8)7-3-5(18)6(4-17)20-7/h5-7,17-18H,2-4H2,1H3,(H2,12,13)(H,15,19)/t5-,6?,7?/m1/s1. The largest absolute Gasteiger partial charge is 0.394 e. The number of aliphatic imine (C=N–C) groups is 2. The van der Waals surface area contributed by atoms with E-state index in [1.807, 2.05) is 0 Å². The number of rotatable bonds is 4. The minimum Gasteiger partial charge on any atom is -0.394 e. The number of aliphatic hydroxyl groups is 2. The van der Waals surface area contributed by atoms with Gasteiger partial charge in [-0.15, -0.1) is 0 Å². The summed E-state index contributed by atoms with van der Waals surface area (Å²) >= 11 is 0. The first-order valence-corrected chi connectivity index (χ1v) is 6.01. The fourth-order valence-corrected chi connectivity index (χ4v) is 2.19. The van der Waals surface area contributed by atoms with Gasteiger partial charge in [0.1, 0.15) is 23.9 Å². The van der Waals surface area contributed by atoms with Crippen molar-refractivity contribution in [2.75, 3.05) is 13.7 Å². The molecule has 9 nitrogen and oxygen atoms in total. The highest BCUT2D eigenvalue weighted by molar-refractivity contribution is 5.99. The summed E-state index contributed by atoms with van der Waals surface area (Å²) in [5.74, 6) is 0.300. The van der Waals surface area contributed by atoms with E-state index in [-0.39, 0.29) is 30.4 Å². The first-order chi connectivity index (χ1) is 9.53. The van der Waals surface area contributed by atoms with Gasteiger partial charge in [-0.1, -0.05) is 0 Å². The fourth-order valence-electron chi connectivity index (χ4n) is 2.19. The van der Waals surface area contributed by atoms with Crippen molar-refractivity contribution in [1.82, 2.24) is 9.55 Å². The molecule has 20 heavy (non-hydrogen) atoms. The summed E-state index contributed by atoms with van der Waals surface area (Å²) in [6.07, 6.45) is -2.18. The van der Waals surface area contributed by atoms with Crippen LogP contribution in [0.5, 0.6) is 0 Å². The van der Waals surface area contributed by atoms with Gasteiger partial charge in [0.15, 0.2) is 5.82 Å². The molecule has 1 aliphatic heterocycles. The molecule has 0 saturated carbocycles. The number of nitrogens with two attached hydrogens (primary N) is 1. The fraction of sp³-hybridized carbons (Fsp3) is 0.545. The van der Waals surface area contributed by atoms with E-state index in [4.69, 9.17) is 15.6 Å². The van der Waals surface area contributed by atoms with Crippen molar-refractivity contribution in [3.05, 3.63) is 16.2 Å². The summed E-state index contributed by atoms with van der Waals surface area (Å²) in [6, 6.07) is 0. The van der Waals surface area contributed by atoms with Gasteiger partial charge in [-0.2, -0.15) is 0 Å². The maximum absolute atomic E-state index is 12.0. The molecule has 3 atom stereocenters. The average molecular weight is 283 g/mol. The van der Waals surface area contributed by atoms with Gasteiger partial charge in [-0.05, 0) is 6.72 Å². The monoisotopic (exact) mass is 283 g/mol. The summed E-state index contributed by atoms with van der Waals surface area (Å²) in [4.78, 5) is 22.1. The van der Waals surface area contributed by atoms with Crippen molar-refractivity contribution in [2.45, 2.75) is 24.9 Å². The molecule has 1 saturated heterocycles. The highest BCUT2D eigenvalue weighted by Gasteiger charge is 2.37. The highest BCUT2D eigenvalue weighted by atomic mass is 16.5. The van der Waals surface area contributed by atoms with Crippen molar-refractivity contribution >= 4 is 18.4 Å². The average Bonchev–Trinajstić information content (AvgIpc) is 2.97. The quantitative estimate of drug-likeness (QED) is 0.393.